The molecule has 0 aromatic heterocycles. The summed E-state index contributed by atoms with van der Waals surface area (Å²) >= 11 is 0. The molecule has 1 saturated heterocycles. The Morgan fingerprint density at radius 2 is 1.90 bits per heavy atom. The maximum Gasteiger partial charge on any atom is 0.0414 e. The van der Waals surface area contributed by atoms with E-state index in [1.54, 1.807) is 0 Å². The second-order valence-electron chi connectivity index (χ2n) is 5.98. The van der Waals surface area contributed by atoms with Crippen LogP contribution in [0.2, 0.25) is 0 Å². The maximum absolute atomic E-state index is 6.10. The van der Waals surface area contributed by atoms with Gasteiger partial charge in [0.2, 0.25) is 0 Å². The molecule has 2 N–H and O–H groups in total. The van der Waals surface area contributed by atoms with Crippen LogP contribution in [0.4, 0.5) is 5.69 Å². The highest BCUT2D eigenvalue weighted by molar-refractivity contribution is 5.49. The van der Waals surface area contributed by atoms with Crippen LogP contribution in [0, 0.1) is 0 Å². The summed E-state index contributed by atoms with van der Waals surface area (Å²) in [6.45, 7) is 7.94. The first-order chi connectivity index (χ1) is 9.65. The molecule has 0 aliphatic carbocycles. The smallest absolute Gasteiger partial charge is 0.0414 e. The summed E-state index contributed by atoms with van der Waals surface area (Å²) < 4.78 is 0. The Morgan fingerprint density at radius 3 is 2.50 bits per heavy atom. The van der Waals surface area contributed by atoms with Gasteiger partial charge in [-0.05, 0) is 50.6 Å². The van der Waals surface area contributed by atoms with Crippen LogP contribution >= 0.6 is 0 Å². The minimum Gasteiger partial charge on any atom is -0.367 e. The van der Waals surface area contributed by atoms with Crippen molar-refractivity contribution in [2.75, 3.05) is 31.6 Å². The number of anilines is 1. The highest BCUT2D eigenvalue weighted by atomic mass is 15.2. The van der Waals surface area contributed by atoms with Crippen LogP contribution in [0.25, 0.3) is 0 Å². The predicted octanol–water partition coefficient (Wildman–Crippen LogP) is 3.02. The molecule has 0 amide bonds. The molecule has 1 heterocycles. The lowest BCUT2D eigenvalue weighted by Gasteiger charge is -2.32. The number of rotatable bonds is 4. The van der Waals surface area contributed by atoms with Crippen LogP contribution in [0.1, 0.15) is 44.7 Å². The van der Waals surface area contributed by atoms with E-state index in [9.17, 15) is 0 Å². The maximum atomic E-state index is 6.10. The van der Waals surface area contributed by atoms with Gasteiger partial charge in [0.05, 0.1) is 0 Å². The third-order valence-electron chi connectivity index (χ3n) is 4.47. The van der Waals surface area contributed by atoms with Gasteiger partial charge in [-0.2, -0.15) is 0 Å². The minimum absolute atomic E-state index is 0.168. The Labute approximate surface area is 123 Å². The third kappa shape index (κ3) is 3.53. The van der Waals surface area contributed by atoms with E-state index in [-0.39, 0.29) is 6.04 Å². The summed E-state index contributed by atoms with van der Waals surface area (Å²) in [5.41, 5.74) is 8.69. The molecule has 0 bridgehead atoms. The van der Waals surface area contributed by atoms with Gasteiger partial charge in [0.25, 0.3) is 0 Å². The zero-order chi connectivity index (χ0) is 14.5. The van der Waals surface area contributed by atoms with Crippen molar-refractivity contribution >= 4 is 5.69 Å². The van der Waals surface area contributed by atoms with Crippen molar-refractivity contribution in [3.8, 4) is 0 Å². The molecular weight excluding hydrogens is 246 g/mol. The normalized spacial score (nSPS) is 22.6. The number of hydrogen-bond acceptors (Lipinski definition) is 3. The van der Waals surface area contributed by atoms with Gasteiger partial charge in [-0.15, -0.1) is 0 Å². The average molecular weight is 275 g/mol. The molecule has 1 aromatic carbocycles. The molecule has 1 aromatic rings. The number of likely N-dealkylation sites (N-methyl/N-ethyl adjacent to an activating group) is 1. The van der Waals surface area contributed by atoms with Crippen LogP contribution < -0.4 is 10.6 Å². The van der Waals surface area contributed by atoms with Crippen LogP contribution in [0.5, 0.6) is 0 Å². The number of nitrogens with zero attached hydrogens (tertiary/aromatic N) is 2. The van der Waals surface area contributed by atoms with Crippen molar-refractivity contribution in [2.45, 2.75) is 45.2 Å². The standard InChI is InChI=1S/C17H29N3/c1-4-15-13-19(3)11-6-12-20(15)16-9-7-14(8-10-16)17(18)5-2/h7-10,15,17H,4-6,11-13,18H2,1-3H3/t15?,17-/m0/s1. The molecule has 2 rings (SSSR count). The first-order valence-electron chi connectivity index (χ1n) is 7.96. The fourth-order valence-corrected chi connectivity index (χ4v) is 3.08. The zero-order valence-electron chi connectivity index (χ0n) is 13.2. The lowest BCUT2D eigenvalue weighted by atomic mass is 10.0. The molecule has 20 heavy (non-hydrogen) atoms. The highest BCUT2D eigenvalue weighted by Crippen LogP contribution is 2.24. The molecule has 1 aliphatic heterocycles. The minimum atomic E-state index is 0.168. The summed E-state index contributed by atoms with van der Waals surface area (Å²) in [6, 6.07) is 9.68. The van der Waals surface area contributed by atoms with E-state index >= 15 is 0 Å². The molecule has 0 saturated carbocycles. The summed E-state index contributed by atoms with van der Waals surface area (Å²) in [5.74, 6) is 0. The van der Waals surface area contributed by atoms with Crippen molar-refractivity contribution in [1.82, 2.24) is 4.90 Å². The van der Waals surface area contributed by atoms with Crippen molar-refractivity contribution in [2.24, 2.45) is 5.73 Å². The SMILES string of the molecule is CCC1CN(C)CCCN1c1ccc([C@@H](N)CC)cc1. The van der Waals surface area contributed by atoms with E-state index in [1.807, 2.05) is 0 Å². The number of benzene rings is 1. The quantitative estimate of drug-likeness (QED) is 0.917. The average Bonchev–Trinajstić information content (AvgIpc) is 2.67. The molecule has 2 atom stereocenters. The second-order valence-corrected chi connectivity index (χ2v) is 5.98. The monoisotopic (exact) mass is 275 g/mol. The first-order valence-corrected chi connectivity index (χ1v) is 7.96. The predicted molar refractivity (Wildman–Crippen MR) is 87.2 cm³/mol. The van der Waals surface area contributed by atoms with Gasteiger partial charge in [-0.25, -0.2) is 0 Å². The Morgan fingerprint density at radius 1 is 1.20 bits per heavy atom. The Balaban J connectivity index is 2.16. The number of nitrogens with two attached hydrogens (primary N) is 1. The molecular formula is C17H29N3. The summed E-state index contributed by atoms with van der Waals surface area (Å²) in [6.07, 6.45) is 3.43. The summed E-state index contributed by atoms with van der Waals surface area (Å²) in [4.78, 5) is 5.03. The van der Waals surface area contributed by atoms with Gasteiger partial charge in [-0.3, -0.25) is 0 Å². The van der Waals surface area contributed by atoms with E-state index in [0.717, 1.165) is 19.5 Å². The lowest BCUT2D eigenvalue weighted by Crippen LogP contribution is -2.39. The molecule has 1 fully saturated rings. The lowest BCUT2D eigenvalue weighted by molar-refractivity contribution is 0.328. The topological polar surface area (TPSA) is 32.5 Å². The van der Waals surface area contributed by atoms with Crippen molar-refractivity contribution in [3.05, 3.63) is 29.8 Å². The molecule has 0 radical (unpaired) electrons. The first kappa shape index (κ1) is 15.3. The molecule has 3 heteroatoms. The van der Waals surface area contributed by atoms with Gasteiger partial charge in [-0.1, -0.05) is 26.0 Å². The van der Waals surface area contributed by atoms with E-state index in [2.05, 4.69) is 55.0 Å². The van der Waals surface area contributed by atoms with E-state index < -0.39 is 0 Å². The summed E-state index contributed by atoms with van der Waals surface area (Å²) in [7, 11) is 2.23. The van der Waals surface area contributed by atoms with Crippen LogP contribution in [-0.4, -0.2) is 37.6 Å². The highest BCUT2D eigenvalue weighted by Gasteiger charge is 2.22. The van der Waals surface area contributed by atoms with E-state index in [0.29, 0.717) is 6.04 Å². The number of hydrogen-bond donors (Lipinski definition) is 1. The fraction of sp³-hybridized carbons (Fsp3) is 0.647. The van der Waals surface area contributed by atoms with Crippen LogP contribution in [0.3, 0.4) is 0 Å². The summed E-state index contributed by atoms with van der Waals surface area (Å²) in [5, 5.41) is 0. The fourth-order valence-electron chi connectivity index (χ4n) is 3.08. The third-order valence-corrected chi connectivity index (χ3v) is 4.47. The second kappa shape index (κ2) is 7.09. The van der Waals surface area contributed by atoms with Gasteiger partial charge in [0.15, 0.2) is 0 Å². The Hall–Kier alpha value is -1.06. The van der Waals surface area contributed by atoms with Gasteiger partial charge in [0.1, 0.15) is 0 Å². The molecule has 3 nitrogen and oxygen atoms in total. The van der Waals surface area contributed by atoms with Gasteiger partial charge in [0, 0.05) is 30.9 Å². The van der Waals surface area contributed by atoms with Crippen molar-refractivity contribution in [1.29, 1.82) is 0 Å². The molecule has 1 unspecified atom stereocenters. The largest absolute Gasteiger partial charge is 0.367 e. The van der Waals surface area contributed by atoms with E-state index in [1.165, 1.54) is 30.6 Å². The zero-order valence-corrected chi connectivity index (χ0v) is 13.2. The van der Waals surface area contributed by atoms with Gasteiger partial charge < -0.3 is 15.5 Å². The molecule has 112 valence electrons. The van der Waals surface area contributed by atoms with Crippen LogP contribution in [0.15, 0.2) is 24.3 Å². The Kier molecular flexibility index (Phi) is 5.44. The van der Waals surface area contributed by atoms with Crippen molar-refractivity contribution < 1.29 is 0 Å². The molecule has 0 spiro atoms. The van der Waals surface area contributed by atoms with Gasteiger partial charge >= 0.3 is 0 Å². The molecule has 1 aliphatic rings. The van der Waals surface area contributed by atoms with E-state index in [4.69, 9.17) is 5.73 Å². The van der Waals surface area contributed by atoms with Crippen molar-refractivity contribution in [3.63, 3.8) is 0 Å². The Bertz CT molecular complexity index is 401. The van der Waals surface area contributed by atoms with Crippen LogP contribution in [-0.2, 0) is 0 Å².